The minimum absolute atomic E-state index is 0.391. The van der Waals surface area contributed by atoms with Crippen LogP contribution in [0.4, 0.5) is 14.6 Å². The van der Waals surface area contributed by atoms with Crippen molar-refractivity contribution in [3.8, 4) is 12.3 Å². The fourth-order valence-corrected chi connectivity index (χ4v) is 4.29. The summed E-state index contributed by atoms with van der Waals surface area (Å²) in [7, 11) is -0.503. The number of halogens is 2. The van der Waals surface area contributed by atoms with Crippen LogP contribution < -0.4 is 16.5 Å². The lowest BCUT2D eigenvalue weighted by Gasteiger charge is -2.33. The van der Waals surface area contributed by atoms with Gasteiger partial charge < -0.3 is 24.8 Å². The van der Waals surface area contributed by atoms with Crippen LogP contribution in [-0.2, 0) is 23.4 Å². The molecule has 1 aliphatic rings. The van der Waals surface area contributed by atoms with E-state index in [4.69, 9.17) is 26.2 Å². The summed E-state index contributed by atoms with van der Waals surface area (Å²) in [6.45, 7) is 4.69. The summed E-state index contributed by atoms with van der Waals surface area (Å²) < 4.78 is 58.3. The lowest BCUT2D eigenvalue weighted by molar-refractivity contribution is -0.149. The second-order valence-electron chi connectivity index (χ2n) is 8.27. The number of nitrogen functional groups attached to an aromatic ring is 1. The van der Waals surface area contributed by atoms with Gasteiger partial charge in [0.1, 0.15) is 33.9 Å². The molecule has 2 rings (SSSR count). The standard InChI is InChI=1S/C17H25B2F2N4O7P/c1-5-16(21)10(26)11(31-14(16)25-6-9(20)12(22)23-15(25)28)17(18,19)32-33(29)24-8(4)13(27)30-7(2)3/h1,6-8,10-11,14,26,33H,18-19H2,2-4H3,(H,24,29)(H2,22,23,28)/t8-,10?,11?,14+,16+/m0/s1. The van der Waals surface area contributed by atoms with Crippen molar-refractivity contribution in [2.45, 2.75) is 62.4 Å². The molecule has 3 unspecified atom stereocenters. The van der Waals surface area contributed by atoms with Crippen LogP contribution >= 0.6 is 8.18 Å². The average molecular weight is 488 g/mol. The van der Waals surface area contributed by atoms with E-state index in [1.165, 1.54) is 22.6 Å². The maximum Gasteiger partial charge on any atom is 0.351 e. The van der Waals surface area contributed by atoms with Gasteiger partial charge in [-0.3, -0.25) is 13.9 Å². The number of alkyl halides is 1. The predicted octanol–water partition coefficient (Wildman–Crippen LogP) is -2.18. The molecule has 6 atom stereocenters. The van der Waals surface area contributed by atoms with Crippen LogP contribution in [0.1, 0.15) is 27.0 Å². The predicted molar refractivity (Wildman–Crippen MR) is 119 cm³/mol. The van der Waals surface area contributed by atoms with Gasteiger partial charge in [-0.15, -0.1) is 6.42 Å². The topological polar surface area (TPSA) is 155 Å². The van der Waals surface area contributed by atoms with Crippen LogP contribution in [0.2, 0.25) is 0 Å². The molecule has 0 aromatic carbocycles. The fraction of sp³-hybridized carbons (Fsp3) is 0.588. The number of hydrogen-bond acceptors (Lipinski definition) is 9. The van der Waals surface area contributed by atoms with Crippen LogP contribution in [0.3, 0.4) is 0 Å². The number of aliphatic hydroxyl groups is 1. The number of carbonyl (C=O) groups excluding carboxylic acids is 1. The Bertz CT molecular complexity index is 1040. The van der Waals surface area contributed by atoms with Crippen LogP contribution in [-0.4, -0.2) is 71.7 Å². The number of carbonyl (C=O) groups is 1. The van der Waals surface area contributed by atoms with Crippen molar-refractivity contribution in [2.24, 2.45) is 0 Å². The molecule has 1 aromatic heterocycles. The van der Waals surface area contributed by atoms with Gasteiger partial charge >= 0.3 is 11.7 Å². The van der Waals surface area contributed by atoms with Gasteiger partial charge in [0.05, 0.1) is 12.3 Å². The number of rotatable bonds is 8. The Labute approximate surface area is 191 Å². The number of ether oxygens (including phenoxy) is 2. The monoisotopic (exact) mass is 488 g/mol. The third-order valence-electron chi connectivity index (χ3n) is 4.84. The minimum Gasteiger partial charge on any atom is -0.462 e. The Morgan fingerprint density at radius 3 is 2.70 bits per heavy atom. The van der Waals surface area contributed by atoms with Crippen molar-refractivity contribution in [1.29, 1.82) is 0 Å². The average Bonchev–Trinajstić information content (AvgIpc) is 2.96. The second kappa shape index (κ2) is 9.95. The van der Waals surface area contributed by atoms with Crippen molar-refractivity contribution >= 4 is 35.7 Å². The molecule has 1 aliphatic heterocycles. The summed E-state index contributed by atoms with van der Waals surface area (Å²) in [6, 6.07) is -0.995. The van der Waals surface area contributed by atoms with Gasteiger partial charge in [-0.2, -0.15) is 4.98 Å². The maximum atomic E-state index is 15.6. The first-order valence-electron chi connectivity index (χ1n) is 9.88. The number of hydrogen-bond donors (Lipinski definition) is 3. The Balaban J connectivity index is 2.26. The van der Waals surface area contributed by atoms with E-state index in [-0.39, 0.29) is 0 Å². The van der Waals surface area contributed by atoms with Gasteiger partial charge in [0.15, 0.2) is 17.9 Å². The molecule has 16 heteroatoms. The van der Waals surface area contributed by atoms with E-state index in [1.807, 2.05) is 0 Å². The molecule has 0 bridgehead atoms. The number of nitrogens with zero attached hydrogens (tertiary/aromatic N) is 2. The zero-order valence-electron chi connectivity index (χ0n) is 18.7. The normalized spacial score (nSPS) is 27.2. The molecule has 2 heterocycles. The fourth-order valence-electron chi connectivity index (χ4n) is 3.17. The molecule has 0 aliphatic carbocycles. The molecule has 1 saturated heterocycles. The van der Waals surface area contributed by atoms with E-state index in [1.54, 1.807) is 19.8 Å². The van der Waals surface area contributed by atoms with E-state index in [9.17, 15) is 23.7 Å². The van der Waals surface area contributed by atoms with Gasteiger partial charge in [0.25, 0.3) is 8.18 Å². The molecule has 0 spiro atoms. The lowest BCUT2D eigenvalue weighted by atomic mass is 9.60. The number of aliphatic hydroxyl groups excluding tert-OH is 1. The summed E-state index contributed by atoms with van der Waals surface area (Å²) in [6.07, 6.45) is -0.199. The summed E-state index contributed by atoms with van der Waals surface area (Å²) in [5.41, 5.74) is 1.07. The quantitative estimate of drug-likeness (QED) is 0.159. The van der Waals surface area contributed by atoms with Crippen LogP contribution in [0.15, 0.2) is 11.0 Å². The van der Waals surface area contributed by atoms with Gasteiger partial charge in [-0.25, -0.2) is 18.7 Å². The summed E-state index contributed by atoms with van der Waals surface area (Å²) >= 11 is 0. The zero-order valence-corrected chi connectivity index (χ0v) is 19.7. The number of terminal acetylenes is 1. The third kappa shape index (κ3) is 5.65. The van der Waals surface area contributed by atoms with E-state index in [0.29, 0.717) is 10.8 Å². The molecular weight excluding hydrogens is 463 g/mol. The Morgan fingerprint density at radius 1 is 1.55 bits per heavy atom. The smallest absolute Gasteiger partial charge is 0.351 e. The number of nitrogens with one attached hydrogen (secondary N) is 1. The third-order valence-corrected chi connectivity index (χ3v) is 6.22. The molecule has 4 N–H and O–H groups in total. The van der Waals surface area contributed by atoms with Gasteiger partial charge in [-0.05, 0) is 20.8 Å². The first kappa shape index (κ1) is 27.0. The first-order valence-corrected chi connectivity index (χ1v) is 11.2. The van der Waals surface area contributed by atoms with Crippen LogP contribution in [0.5, 0.6) is 0 Å². The molecule has 1 fully saturated rings. The number of aromatic nitrogens is 2. The van der Waals surface area contributed by atoms with Crippen molar-refractivity contribution in [1.82, 2.24) is 14.6 Å². The van der Waals surface area contributed by atoms with Crippen molar-refractivity contribution in [3.05, 3.63) is 22.5 Å². The maximum absolute atomic E-state index is 15.6. The van der Waals surface area contributed by atoms with Crippen LogP contribution in [0, 0.1) is 18.2 Å². The molecule has 33 heavy (non-hydrogen) atoms. The SMILES string of the molecule is BC(B)(O[PH](=O)N[C@@H](C)C(=O)OC(C)C)C1O[C@@H](n2cc(F)c(N)nc2=O)[C@@](F)(C#C)C1O. The van der Waals surface area contributed by atoms with Gasteiger partial charge in [0.2, 0.25) is 5.67 Å². The number of anilines is 1. The highest BCUT2D eigenvalue weighted by molar-refractivity contribution is 7.37. The Hall–Kier alpha value is -2.23. The summed E-state index contributed by atoms with van der Waals surface area (Å²) in [5, 5.41) is 11.4. The summed E-state index contributed by atoms with van der Waals surface area (Å²) in [5.74, 6) is -0.786. The second-order valence-corrected chi connectivity index (χ2v) is 9.34. The highest BCUT2D eigenvalue weighted by Gasteiger charge is 2.61. The lowest BCUT2D eigenvalue weighted by Crippen LogP contribution is -2.53. The highest BCUT2D eigenvalue weighted by atomic mass is 31.1. The molecular formula is C17H25B2F2N4O7P. The molecule has 11 nitrogen and oxygen atoms in total. The largest absolute Gasteiger partial charge is 0.462 e. The highest BCUT2D eigenvalue weighted by Crippen LogP contribution is 2.45. The van der Waals surface area contributed by atoms with E-state index >= 15 is 4.39 Å². The summed E-state index contributed by atoms with van der Waals surface area (Å²) in [4.78, 5) is 27.3. The van der Waals surface area contributed by atoms with Crippen LogP contribution in [0.25, 0.3) is 0 Å². The Kier molecular flexibility index (Phi) is 8.14. The zero-order chi connectivity index (χ0) is 25.3. The van der Waals surface area contributed by atoms with Crippen molar-refractivity contribution in [3.63, 3.8) is 0 Å². The molecule has 0 saturated carbocycles. The molecule has 1 aromatic rings. The van der Waals surface area contributed by atoms with E-state index in [2.05, 4.69) is 10.1 Å². The van der Waals surface area contributed by atoms with E-state index < -0.39 is 73.1 Å². The van der Waals surface area contributed by atoms with Gasteiger partial charge in [-0.1, -0.05) is 5.92 Å². The molecule has 180 valence electrons. The molecule has 0 amide bonds. The number of esters is 1. The van der Waals surface area contributed by atoms with Gasteiger partial charge in [0, 0.05) is 5.40 Å². The Morgan fingerprint density at radius 2 is 2.15 bits per heavy atom. The van der Waals surface area contributed by atoms with Crippen molar-refractivity contribution < 1.29 is 37.2 Å². The first-order chi connectivity index (χ1) is 15.1. The van der Waals surface area contributed by atoms with Crippen molar-refractivity contribution in [2.75, 3.05) is 5.73 Å². The van der Waals surface area contributed by atoms with E-state index in [0.717, 1.165) is 0 Å². The molecule has 0 radical (unpaired) electrons. The minimum atomic E-state index is -3.15. The number of nitrogens with two attached hydrogens (primary N) is 1.